The Morgan fingerprint density at radius 2 is 1.56 bits per heavy atom. The van der Waals surface area contributed by atoms with Crippen LogP contribution < -0.4 is 0 Å². The van der Waals surface area contributed by atoms with E-state index in [-0.39, 0.29) is 0 Å². The maximum absolute atomic E-state index is 12.8. The van der Waals surface area contributed by atoms with Gasteiger partial charge in [0, 0.05) is 58.3 Å². The van der Waals surface area contributed by atoms with Gasteiger partial charge >= 0.3 is 0 Å². The molecule has 0 amide bonds. The van der Waals surface area contributed by atoms with Crippen LogP contribution in [0.3, 0.4) is 0 Å². The third kappa shape index (κ3) is 3.87. The molecule has 2 aliphatic heterocycles. The third-order valence-electron chi connectivity index (χ3n) is 5.21. The van der Waals surface area contributed by atoms with Crippen LogP contribution in [0.5, 0.6) is 0 Å². The van der Waals surface area contributed by atoms with E-state index in [2.05, 4.69) is 20.0 Å². The molecule has 10 heteroatoms. The maximum Gasteiger partial charge on any atom is 0.282 e. The zero-order valence-corrected chi connectivity index (χ0v) is 15.5. The Balaban J connectivity index is 1.29. The minimum Gasteiger partial charge on any atom is -0.424 e. The lowest BCUT2D eigenvalue weighted by molar-refractivity contribution is 0.155. The topological polar surface area (TPSA) is 86.0 Å². The van der Waals surface area contributed by atoms with Crippen molar-refractivity contribution >= 4 is 10.2 Å². The van der Waals surface area contributed by atoms with Crippen LogP contribution in [0.15, 0.2) is 4.42 Å². The summed E-state index contributed by atoms with van der Waals surface area (Å²) < 4.78 is 34.5. The highest BCUT2D eigenvalue weighted by atomic mass is 32.2. The van der Waals surface area contributed by atoms with Crippen LogP contribution in [0.25, 0.3) is 0 Å². The van der Waals surface area contributed by atoms with Crippen LogP contribution in [0.1, 0.15) is 30.5 Å². The van der Waals surface area contributed by atoms with Gasteiger partial charge in [-0.3, -0.25) is 4.90 Å². The molecule has 2 saturated heterocycles. The SMILES string of the molecule is CN1CCN(S(=O)(=O)N2CCN(Cc3nnc(C4CC4)o3)CC2)CC1. The van der Waals surface area contributed by atoms with Gasteiger partial charge in [-0.1, -0.05) is 0 Å². The van der Waals surface area contributed by atoms with Crippen LogP contribution in [-0.2, 0) is 16.8 Å². The summed E-state index contributed by atoms with van der Waals surface area (Å²) in [4.78, 5) is 4.34. The fourth-order valence-electron chi connectivity index (χ4n) is 3.32. The number of nitrogens with zero attached hydrogens (tertiary/aromatic N) is 6. The van der Waals surface area contributed by atoms with E-state index in [0.717, 1.165) is 31.8 Å². The Labute approximate surface area is 148 Å². The molecule has 0 radical (unpaired) electrons. The molecule has 0 unspecified atom stereocenters. The minimum absolute atomic E-state index is 0.465. The van der Waals surface area contributed by atoms with Gasteiger partial charge in [0.15, 0.2) is 0 Å². The van der Waals surface area contributed by atoms with E-state index >= 15 is 0 Å². The van der Waals surface area contributed by atoms with Gasteiger partial charge in [0.2, 0.25) is 11.8 Å². The summed E-state index contributed by atoms with van der Waals surface area (Å²) in [5, 5.41) is 8.22. The number of hydrogen-bond donors (Lipinski definition) is 0. The Kier molecular flexibility index (Phi) is 4.80. The molecule has 0 atom stereocenters. The molecule has 3 fully saturated rings. The quantitative estimate of drug-likeness (QED) is 0.694. The average Bonchev–Trinajstić information content (AvgIpc) is 3.36. The highest BCUT2D eigenvalue weighted by Gasteiger charge is 2.34. The van der Waals surface area contributed by atoms with E-state index in [1.807, 2.05) is 7.05 Å². The van der Waals surface area contributed by atoms with Crippen LogP contribution >= 0.6 is 0 Å². The van der Waals surface area contributed by atoms with Gasteiger partial charge in [0.25, 0.3) is 10.2 Å². The van der Waals surface area contributed by atoms with Gasteiger partial charge in [0.05, 0.1) is 6.54 Å². The Bertz CT molecular complexity index is 688. The molecule has 140 valence electrons. The van der Waals surface area contributed by atoms with Crippen molar-refractivity contribution in [3.63, 3.8) is 0 Å². The third-order valence-corrected chi connectivity index (χ3v) is 7.25. The van der Waals surface area contributed by atoms with Crippen molar-refractivity contribution < 1.29 is 12.8 Å². The predicted octanol–water partition coefficient (Wildman–Crippen LogP) is -0.443. The van der Waals surface area contributed by atoms with Crippen molar-refractivity contribution in [2.24, 2.45) is 0 Å². The first-order chi connectivity index (χ1) is 12.0. The molecule has 0 aromatic carbocycles. The van der Waals surface area contributed by atoms with Gasteiger partial charge in [-0.15, -0.1) is 10.2 Å². The summed E-state index contributed by atoms with van der Waals surface area (Å²) in [5.74, 6) is 1.86. The lowest BCUT2D eigenvalue weighted by atomic mass is 10.3. The smallest absolute Gasteiger partial charge is 0.282 e. The van der Waals surface area contributed by atoms with Crippen LogP contribution in [-0.4, -0.2) is 96.4 Å². The Morgan fingerprint density at radius 1 is 0.960 bits per heavy atom. The molecule has 0 N–H and O–H groups in total. The number of rotatable bonds is 5. The summed E-state index contributed by atoms with van der Waals surface area (Å²) in [5.41, 5.74) is 0. The van der Waals surface area contributed by atoms with Gasteiger partial charge in [-0.05, 0) is 19.9 Å². The van der Waals surface area contributed by atoms with Crippen molar-refractivity contribution in [2.45, 2.75) is 25.3 Å². The Morgan fingerprint density at radius 3 is 2.16 bits per heavy atom. The second kappa shape index (κ2) is 6.92. The molecule has 25 heavy (non-hydrogen) atoms. The van der Waals surface area contributed by atoms with Crippen molar-refractivity contribution in [3.05, 3.63) is 11.8 Å². The second-order valence-corrected chi connectivity index (χ2v) is 9.12. The molecular weight excluding hydrogens is 344 g/mol. The molecule has 3 aliphatic rings. The largest absolute Gasteiger partial charge is 0.424 e. The predicted molar refractivity (Wildman–Crippen MR) is 91.1 cm³/mol. The summed E-state index contributed by atoms with van der Waals surface area (Å²) >= 11 is 0. The van der Waals surface area contributed by atoms with Crippen molar-refractivity contribution in [1.82, 2.24) is 28.6 Å². The van der Waals surface area contributed by atoms with E-state index in [1.165, 1.54) is 0 Å². The van der Waals surface area contributed by atoms with Gasteiger partial charge in [-0.2, -0.15) is 17.0 Å². The molecule has 0 bridgehead atoms. The van der Waals surface area contributed by atoms with E-state index in [0.29, 0.717) is 57.6 Å². The van der Waals surface area contributed by atoms with Gasteiger partial charge < -0.3 is 9.32 Å². The number of hydrogen-bond acceptors (Lipinski definition) is 7. The maximum atomic E-state index is 12.8. The highest BCUT2D eigenvalue weighted by molar-refractivity contribution is 7.86. The van der Waals surface area contributed by atoms with E-state index in [4.69, 9.17) is 4.42 Å². The van der Waals surface area contributed by atoms with E-state index in [9.17, 15) is 8.42 Å². The fraction of sp³-hybridized carbons (Fsp3) is 0.867. The number of aromatic nitrogens is 2. The molecule has 0 spiro atoms. The summed E-state index contributed by atoms with van der Waals surface area (Å²) in [7, 11) is -1.32. The monoisotopic (exact) mass is 370 g/mol. The molecule has 1 aromatic heterocycles. The minimum atomic E-state index is -3.34. The first-order valence-corrected chi connectivity index (χ1v) is 10.4. The average molecular weight is 370 g/mol. The molecule has 4 rings (SSSR count). The summed E-state index contributed by atoms with van der Waals surface area (Å²) in [6, 6.07) is 0. The fourth-order valence-corrected chi connectivity index (χ4v) is 4.89. The van der Waals surface area contributed by atoms with Crippen molar-refractivity contribution in [2.75, 3.05) is 59.4 Å². The van der Waals surface area contributed by atoms with Gasteiger partial charge in [-0.25, -0.2) is 0 Å². The van der Waals surface area contributed by atoms with Crippen LogP contribution in [0.4, 0.5) is 0 Å². The second-order valence-electron chi connectivity index (χ2n) is 7.19. The molecule has 3 heterocycles. The standard InChI is InChI=1S/C15H26N6O3S/c1-18-4-8-20(9-5-18)25(22,23)21-10-6-19(7-11-21)12-14-16-17-15(24-14)13-2-3-13/h13H,2-12H2,1H3. The summed E-state index contributed by atoms with van der Waals surface area (Å²) in [6.07, 6.45) is 2.29. The van der Waals surface area contributed by atoms with Crippen molar-refractivity contribution in [3.8, 4) is 0 Å². The zero-order valence-electron chi connectivity index (χ0n) is 14.7. The zero-order chi connectivity index (χ0) is 17.4. The lowest BCUT2D eigenvalue weighted by Crippen LogP contribution is -2.56. The lowest BCUT2D eigenvalue weighted by Gasteiger charge is -2.38. The Hall–Kier alpha value is -1.07. The van der Waals surface area contributed by atoms with Crippen LogP contribution in [0.2, 0.25) is 0 Å². The first-order valence-electron chi connectivity index (χ1n) is 9.01. The molecule has 1 aliphatic carbocycles. The molecular formula is C15H26N6O3S. The first kappa shape index (κ1) is 17.3. The normalized spacial score (nSPS) is 25.5. The molecule has 1 saturated carbocycles. The number of piperazine rings is 2. The van der Waals surface area contributed by atoms with Crippen LogP contribution in [0, 0.1) is 0 Å². The van der Waals surface area contributed by atoms with E-state index < -0.39 is 10.2 Å². The molecule has 1 aromatic rings. The number of likely N-dealkylation sites (N-methyl/N-ethyl adjacent to an activating group) is 1. The highest BCUT2D eigenvalue weighted by Crippen LogP contribution is 2.39. The van der Waals surface area contributed by atoms with Crippen molar-refractivity contribution in [1.29, 1.82) is 0 Å². The molecule has 9 nitrogen and oxygen atoms in total. The van der Waals surface area contributed by atoms with Gasteiger partial charge in [0.1, 0.15) is 0 Å². The van der Waals surface area contributed by atoms with E-state index in [1.54, 1.807) is 8.61 Å². The summed E-state index contributed by atoms with van der Waals surface area (Å²) in [6.45, 7) is 5.73.